The van der Waals surface area contributed by atoms with E-state index in [2.05, 4.69) is 36.4 Å². The van der Waals surface area contributed by atoms with Gasteiger partial charge in [0, 0.05) is 25.8 Å². The number of hydrogen-bond acceptors (Lipinski definition) is 4. The molecule has 3 rings (SSSR count). The topological polar surface area (TPSA) is 70.7 Å². The van der Waals surface area contributed by atoms with Crippen LogP contribution in [-0.2, 0) is 4.79 Å². The first-order valence-corrected chi connectivity index (χ1v) is 9.61. The molecule has 1 heterocycles. The number of amides is 1. The number of thioether (sulfide) groups is 1. The van der Waals surface area contributed by atoms with Crippen LogP contribution in [0.1, 0.15) is 0 Å². The molecule has 5 nitrogen and oxygen atoms in total. The second kappa shape index (κ2) is 8.23. The number of halogens is 3. The molecule has 25 heavy (non-hydrogen) atoms. The first-order valence-electron chi connectivity index (χ1n) is 7.07. The van der Waals surface area contributed by atoms with Crippen LogP contribution in [0.25, 0.3) is 11.4 Å². The van der Waals surface area contributed by atoms with Gasteiger partial charge in [0.05, 0.1) is 5.75 Å². The third-order valence-electron chi connectivity index (χ3n) is 3.07. The molecular formula is C16H11BrCl2N4OS. The lowest BCUT2D eigenvalue weighted by Gasteiger charge is -2.05. The van der Waals surface area contributed by atoms with Crippen molar-refractivity contribution in [2.24, 2.45) is 0 Å². The van der Waals surface area contributed by atoms with E-state index in [9.17, 15) is 4.79 Å². The molecular weight excluding hydrogens is 447 g/mol. The largest absolute Gasteiger partial charge is 0.325 e. The van der Waals surface area contributed by atoms with Crippen LogP contribution in [0.4, 0.5) is 5.69 Å². The molecule has 0 atom stereocenters. The Morgan fingerprint density at radius 1 is 1.20 bits per heavy atom. The van der Waals surface area contributed by atoms with Crippen molar-refractivity contribution in [3.8, 4) is 11.4 Å². The average molecular weight is 458 g/mol. The maximum absolute atomic E-state index is 12.0. The molecule has 0 aliphatic carbocycles. The van der Waals surface area contributed by atoms with Gasteiger partial charge in [0.1, 0.15) is 0 Å². The van der Waals surface area contributed by atoms with E-state index in [1.54, 1.807) is 18.2 Å². The minimum absolute atomic E-state index is 0.164. The van der Waals surface area contributed by atoms with Gasteiger partial charge in [-0.1, -0.05) is 69.1 Å². The Bertz CT molecular complexity index is 898. The van der Waals surface area contributed by atoms with E-state index in [-0.39, 0.29) is 11.7 Å². The zero-order valence-corrected chi connectivity index (χ0v) is 16.5. The summed E-state index contributed by atoms with van der Waals surface area (Å²) in [5, 5.41) is 11.1. The first kappa shape index (κ1) is 18.3. The van der Waals surface area contributed by atoms with Gasteiger partial charge in [0.15, 0.2) is 5.82 Å². The molecule has 0 saturated carbocycles. The molecule has 0 saturated heterocycles. The number of nitrogens with zero attached hydrogens (tertiary/aromatic N) is 2. The van der Waals surface area contributed by atoms with Crippen LogP contribution in [0, 0.1) is 0 Å². The number of hydrogen-bond donors (Lipinski definition) is 2. The van der Waals surface area contributed by atoms with E-state index in [4.69, 9.17) is 23.2 Å². The van der Waals surface area contributed by atoms with Crippen molar-refractivity contribution in [1.29, 1.82) is 0 Å². The summed E-state index contributed by atoms with van der Waals surface area (Å²) in [5.74, 6) is 0.602. The highest BCUT2D eigenvalue weighted by atomic mass is 79.9. The molecule has 0 spiro atoms. The predicted molar refractivity (Wildman–Crippen MR) is 105 cm³/mol. The summed E-state index contributed by atoms with van der Waals surface area (Å²) in [6.07, 6.45) is 0. The number of benzene rings is 2. The van der Waals surface area contributed by atoms with Crippen LogP contribution in [0.2, 0.25) is 10.0 Å². The summed E-state index contributed by atoms with van der Waals surface area (Å²) in [7, 11) is 0. The lowest BCUT2D eigenvalue weighted by atomic mass is 10.2. The smallest absolute Gasteiger partial charge is 0.234 e. The highest BCUT2D eigenvalue weighted by Gasteiger charge is 2.11. The van der Waals surface area contributed by atoms with Crippen molar-refractivity contribution in [3.05, 3.63) is 57.0 Å². The monoisotopic (exact) mass is 456 g/mol. The summed E-state index contributed by atoms with van der Waals surface area (Å²) < 4.78 is 0.915. The lowest BCUT2D eigenvalue weighted by molar-refractivity contribution is -0.113. The summed E-state index contributed by atoms with van der Waals surface area (Å²) in [6, 6.07) is 12.6. The van der Waals surface area contributed by atoms with Gasteiger partial charge < -0.3 is 5.32 Å². The molecule has 3 aromatic rings. The van der Waals surface area contributed by atoms with Crippen LogP contribution in [0.15, 0.2) is 52.1 Å². The third-order valence-corrected chi connectivity index (χ3v) is 5.05. The van der Waals surface area contributed by atoms with E-state index >= 15 is 0 Å². The minimum Gasteiger partial charge on any atom is -0.325 e. The van der Waals surface area contributed by atoms with Gasteiger partial charge >= 0.3 is 0 Å². The van der Waals surface area contributed by atoms with Crippen LogP contribution in [0.5, 0.6) is 0 Å². The summed E-state index contributed by atoms with van der Waals surface area (Å²) in [5.41, 5.74) is 1.45. The van der Waals surface area contributed by atoms with Gasteiger partial charge in [-0.3, -0.25) is 9.89 Å². The molecule has 0 unspecified atom stereocenters. The fourth-order valence-corrected chi connectivity index (χ4v) is 3.63. The highest BCUT2D eigenvalue weighted by molar-refractivity contribution is 9.10. The maximum Gasteiger partial charge on any atom is 0.234 e. The zero-order valence-electron chi connectivity index (χ0n) is 12.6. The molecule has 1 amide bonds. The second-order valence-electron chi connectivity index (χ2n) is 4.94. The summed E-state index contributed by atoms with van der Waals surface area (Å²) in [6.45, 7) is 0. The Morgan fingerprint density at radius 3 is 2.64 bits per heavy atom. The Labute approximate surface area is 166 Å². The van der Waals surface area contributed by atoms with Gasteiger partial charge in [0.25, 0.3) is 0 Å². The fourth-order valence-electron chi connectivity index (χ4n) is 2.04. The average Bonchev–Trinajstić information content (AvgIpc) is 3.01. The molecule has 9 heteroatoms. The van der Waals surface area contributed by atoms with Crippen molar-refractivity contribution < 1.29 is 4.79 Å². The molecule has 128 valence electrons. The molecule has 1 aromatic heterocycles. The van der Waals surface area contributed by atoms with Gasteiger partial charge in [-0.2, -0.15) is 0 Å². The van der Waals surface area contributed by atoms with Gasteiger partial charge in [-0.25, -0.2) is 4.98 Å². The minimum atomic E-state index is -0.199. The van der Waals surface area contributed by atoms with Crippen molar-refractivity contribution in [2.45, 2.75) is 5.16 Å². The van der Waals surface area contributed by atoms with Crippen molar-refractivity contribution in [2.75, 3.05) is 11.1 Å². The van der Waals surface area contributed by atoms with E-state index in [0.717, 1.165) is 10.0 Å². The molecule has 0 bridgehead atoms. The first-order chi connectivity index (χ1) is 12.0. The maximum atomic E-state index is 12.0. The molecule has 0 aliphatic rings. The third kappa shape index (κ3) is 4.98. The molecule has 2 aromatic carbocycles. The van der Waals surface area contributed by atoms with Gasteiger partial charge in [-0.05, 0) is 24.3 Å². The zero-order chi connectivity index (χ0) is 17.8. The SMILES string of the molecule is O=C(CSc1n[nH]c(-c2ccccc2Br)n1)Nc1cc(Cl)cc(Cl)c1. The van der Waals surface area contributed by atoms with Crippen molar-refractivity contribution in [3.63, 3.8) is 0 Å². The molecule has 0 fully saturated rings. The Kier molecular flexibility index (Phi) is 6.01. The quantitative estimate of drug-likeness (QED) is 0.512. The van der Waals surface area contributed by atoms with Gasteiger partial charge in [0.2, 0.25) is 11.1 Å². The van der Waals surface area contributed by atoms with Crippen LogP contribution in [-0.4, -0.2) is 26.8 Å². The normalized spacial score (nSPS) is 10.7. The number of anilines is 1. The standard InChI is InChI=1S/C16H11BrCl2N4OS/c17-13-4-2-1-3-12(13)15-21-16(23-22-15)25-8-14(24)20-11-6-9(18)5-10(19)7-11/h1-7H,8H2,(H,20,24)(H,21,22,23). The number of nitrogens with one attached hydrogen (secondary N) is 2. The van der Waals surface area contributed by atoms with Gasteiger partial charge in [-0.15, -0.1) is 5.10 Å². The molecule has 2 N–H and O–H groups in total. The lowest BCUT2D eigenvalue weighted by Crippen LogP contribution is -2.14. The Balaban J connectivity index is 1.60. The Morgan fingerprint density at radius 2 is 1.92 bits per heavy atom. The predicted octanol–water partition coefficient (Wildman–Crippen LogP) is 5.27. The van der Waals surface area contributed by atoms with Crippen LogP contribution in [0.3, 0.4) is 0 Å². The number of aromatic nitrogens is 3. The summed E-state index contributed by atoms with van der Waals surface area (Å²) >= 11 is 16.5. The fraction of sp³-hybridized carbons (Fsp3) is 0.0625. The molecule has 0 radical (unpaired) electrons. The van der Waals surface area contributed by atoms with Crippen molar-refractivity contribution in [1.82, 2.24) is 15.2 Å². The van der Waals surface area contributed by atoms with E-state index in [0.29, 0.717) is 26.7 Å². The van der Waals surface area contributed by atoms with E-state index in [1.807, 2.05) is 24.3 Å². The Hall–Kier alpha value is -1.54. The van der Waals surface area contributed by atoms with Crippen molar-refractivity contribution >= 4 is 62.5 Å². The van der Waals surface area contributed by atoms with E-state index < -0.39 is 0 Å². The molecule has 0 aliphatic heterocycles. The van der Waals surface area contributed by atoms with Crippen LogP contribution < -0.4 is 5.32 Å². The number of rotatable bonds is 5. The number of aromatic amines is 1. The van der Waals surface area contributed by atoms with E-state index in [1.165, 1.54) is 11.8 Å². The van der Waals surface area contributed by atoms with Crippen LogP contribution >= 0.6 is 50.9 Å². The number of H-pyrrole nitrogens is 1. The number of carbonyl (C=O) groups is 1. The highest BCUT2D eigenvalue weighted by Crippen LogP contribution is 2.27. The summed E-state index contributed by atoms with van der Waals surface area (Å²) in [4.78, 5) is 16.4. The second-order valence-corrected chi connectivity index (χ2v) is 7.61. The number of carbonyl (C=O) groups excluding carboxylic acids is 1.